The van der Waals surface area contributed by atoms with E-state index >= 15 is 0 Å². The van der Waals surface area contributed by atoms with Gasteiger partial charge in [-0.1, -0.05) is 12.1 Å². The minimum absolute atomic E-state index is 0.228. The molecule has 0 aliphatic heterocycles. The number of carbonyl (C=O) groups is 2. The van der Waals surface area contributed by atoms with Crippen LogP contribution in [0.1, 0.15) is 33.4 Å². The predicted molar refractivity (Wildman–Crippen MR) is 96.0 cm³/mol. The van der Waals surface area contributed by atoms with Crippen LogP contribution in [0.4, 0.5) is 0 Å². The van der Waals surface area contributed by atoms with Crippen LogP contribution in [0.3, 0.4) is 0 Å². The first-order valence-electron chi connectivity index (χ1n) is 8.15. The molecule has 3 rings (SSSR count). The number of nitrogens with zero attached hydrogens (tertiary/aromatic N) is 3. The lowest BCUT2D eigenvalue weighted by molar-refractivity contribution is -0.139. The minimum atomic E-state index is -1.22. The molecule has 0 spiro atoms. The van der Waals surface area contributed by atoms with Crippen molar-refractivity contribution < 1.29 is 19.4 Å². The topological polar surface area (TPSA) is 122 Å². The number of H-pyrrole nitrogens is 1. The van der Waals surface area contributed by atoms with E-state index in [1.54, 1.807) is 33.1 Å². The fourth-order valence-electron chi connectivity index (χ4n) is 2.85. The first kappa shape index (κ1) is 18.2. The van der Waals surface area contributed by atoms with Gasteiger partial charge in [0.15, 0.2) is 6.04 Å². The number of aliphatic carboxylic acids is 1. The Kier molecular flexibility index (Phi) is 4.93. The summed E-state index contributed by atoms with van der Waals surface area (Å²) >= 11 is 0. The van der Waals surface area contributed by atoms with E-state index < -0.39 is 17.9 Å². The van der Waals surface area contributed by atoms with Gasteiger partial charge in [0, 0.05) is 17.5 Å². The lowest BCUT2D eigenvalue weighted by atomic mass is 10.0. The number of aromatic amines is 1. The van der Waals surface area contributed by atoms with E-state index in [2.05, 4.69) is 20.6 Å². The Bertz CT molecular complexity index is 972. The number of hydrogen-bond acceptors (Lipinski definition) is 5. The van der Waals surface area contributed by atoms with Crippen LogP contribution in [0.5, 0.6) is 5.75 Å². The highest BCUT2D eigenvalue weighted by atomic mass is 16.5. The second-order valence-electron chi connectivity index (χ2n) is 5.94. The third-order valence-electron chi connectivity index (χ3n) is 4.17. The van der Waals surface area contributed by atoms with Gasteiger partial charge in [0.1, 0.15) is 11.4 Å². The van der Waals surface area contributed by atoms with Crippen LogP contribution in [0.25, 0.3) is 5.69 Å². The Morgan fingerprint density at radius 2 is 2.04 bits per heavy atom. The number of amides is 1. The summed E-state index contributed by atoms with van der Waals surface area (Å²) in [6.45, 7) is 3.39. The smallest absolute Gasteiger partial charge is 0.331 e. The average Bonchev–Trinajstić information content (AvgIpc) is 3.27. The first-order valence-corrected chi connectivity index (χ1v) is 8.15. The molecule has 2 heterocycles. The first-order chi connectivity index (χ1) is 12.9. The summed E-state index contributed by atoms with van der Waals surface area (Å²) in [5, 5.41) is 23.0. The maximum absolute atomic E-state index is 12.6. The van der Waals surface area contributed by atoms with Crippen LogP contribution in [-0.4, -0.2) is 44.1 Å². The normalized spacial score (nSPS) is 11.8. The van der Waals surface area contributed by atoms with Crippen LogP contribution >= 0.6 is 0 Å². The van der Waals surface area contributed by atoms with E-state index in [-0.39, 0.29) is 5.56 Å². The molecule has 1 aromatic carbocycles. The van der Waals surface area contributed by atoms with E-state index in [4.69, 9.17) is 4.74 Å². The summed E-state index contributed by atoms with van der Waals surface area (Å²) < 4.78 is 6.79. The molecule has 9 nitrogen and oxygen atoms in total. The van der Waals surface area contributed by atoms with E-state index in [1.165, 1.54) is 17.1 Å². The number of para-hydroxylation sites is 2. The Morgan fingerprint density at radius 3 is 2.67 bits per heavy atom. The molecule has 3 N–H and O–H groups in total. The van der Waals surface area contributed by atoms with Crippen molar-refractivity contribution in [3.8, 4) is 11.4 Å². The molecule has 0 radical (unpaired) electrons. The number of benzene rings is 1. The molecule has 27 heavy (non-hydrogen) atoms. The van der Waals surface area contributed by atoms with E-state index in [0.717, 1.165) is 0 Å². The molecule has 140 valence electrons. The highest BCUT2D eigenvalue weighted by Gasteiger charge is 2.28. The molecule has 3 aromatic rings. The molecule has 1 atom stereocenters. The molecule has 2 aromatic heterocycles. The number of ether oxygens (including phenoxy) is 1. The summed E-state index contributed by atoms with van der Waals surface area (Å²) in [6, 6.07) is 6.01. The van der Waals surface area contributed by atoms with Crippen LogP contribution < -0.4 is 10.1 Å². The second kappa shape index (κ2) is 7.32. The Balaban J connectivity index is 1.86. The van der Waals surface area contributed by atoms with Crippen LogP contribution in [0, 0.1) is 13.8 Å². The maximum atomic E-state index is 12.6. The zero-order chi connectivity index (χ0) is 19.6. The number of hydrogen-bond donors (Lipinski definition) is 3. The number of aromatic nitrogens is 4. The van der Waals surface area contributed by atoms with Crippen molar-refractivity contribution in [3.63, 3.8) is 0 Å². The summed E-state index contributed by atoms with van der Waals surface area (Å²) in [6.07, 6.45) is 2.89. The largest absolute Gasteiger partial charge is 0.494 e. The average molecular weight is 369 g/mol. The van der Waals surface area contributed by atoms with Crippen LogP contribution in [0.2, 0.25) is 0 Å². The third-order valence-corrected chi connectivity index (χ3v) is 4.17. The number of carbonyl (C=O) groups excluding carboxylic acids is 1. The zero-order valence-electron chi connectivity index (χ0n) is 15.1. The molecule has 9 heteroatoms. The zero-order valence-corrected chi connectivity index (χ0v) is 15.1. The van der Waals surface area contributed by atoms with Crippen molar-refractivity contribution in [1.82, 2.24) is 25.3 Å². The van der Waals surface area contributed by atoms with Crippen LogP contribution in [0.15, 0.2) is 36.7 Å². The van der Waals surface area contributed by atoms with Crippen molar-refractivity contribution in [3.05, 3.63) is 59.2 Å². The molecule has 0 aliphatic rings. The Labute approximate surface area is 155 Å². The van der Waals surface area contributed by atoms with Gasteiger partial charge in [0.05, 0.1) is 24.6 Å². The number of carboxylic acid groups (broad SMARTS) is 1. The summed E-state index contributed by atoms with van der Waals surface area (Å²) in [7, 11) is 1.54. The number of nitrogens with one attached hydrogen (secondary N) is 2. The molecule has 0 saturated heterocycles. The standard InChI is InChI=1S/C18H19N5O4/c1-10-15(11(2)22-21-10)16(18(25)26)20-17(24)12-8-19-23(9-12)13-6-4-5-7-14(13)27-3/h4-9,16H,1-3H3,(H,20,24)(H,21,22)(H,25,26)/t16-/m0/s1. The fraction of sp³-hybridized carbons (Fsp3) is 0.222. The quantitative estimate of drug-likeness (QED) is 0.609. The summed E-state index contributed by atoms with van der Waals surface area (Å²) in [5.41, 5.74) is 2.43. The number of aryl methyl sites for hydroxylation is 2. The van der Waals surface area contributed by atoms with Crippen molar-refractivity contribution in [2.45, 2.75) is 19.9 Å². The molecule has 0 bridgehead atoms. The van der Waals surface area contributed by atoms with Crippen molar-refractivity contribution >= 4 is 11.9 Å². The number of rotatable bonds is 6. The van der Waals surface area contributed by atoms with E-state index in [0.29, 0.717) is 28.4 Å². The van der Waals surface area contributed by atoms with Gasteiger partial charge in [-0.25, -0.2) is 9.48 Å². The molecular weight excluding hydrogens is 350 g/mol. The van der Waals surface area contributed by atoms with Gasteiger partial charge in [-0.15, -0.1) is 0 Å². The van der Waals surface area contributed by atoms with Crippen molar-refractivity contribution in [1.29, 1.82) is 0 Å². The molecule has 0 aliphatic carbocycles. The molecule has 1 amide bonds. The lowest BCUT2D eigenvalue weighted by Crippen LogP contribution is -2.34. The van der Waals surface area contributed by atoms with Crippen LogP contribution in [-0.2, 0) is 4.79 Å². The molecular formula is C18H19N5O4. The number of carboxylic acids is 1. The third kappa shape index (κ3) is 3.52. The van der Waals surface area contributed by atoms with E-state index in [1.807, 2.05) is 12.1 Å². The van der Waals surface area contributed by atoms with Crippen molar-refractivity contribution in [2.75, 3.05) is 7.11 Å². The van der Waals surface area contributed by atoms with Gasteiger partial charge in [0.25, 0.3) is 5.91 Å². The van der Waals surface area contributed by atoms with Gasteiger partial charge >= 0.3 is 5.97 Å². The van der Waals surface area contributed by atoms with Gasteiger partial charge < -0.3 is 15.2 Å². The summed E-state index contributed by atoms with van der Waals surface area (Å²) in [4.78, 5) is 24.3. The Morgan fingerprint density at radius 1 is 1.30 bits per heavy atom. The lowest BCUT2D eigenvalue weighted by Gasteiger charge is -2.14. The maximum Gasteiger partial charge on any atom is 0.331 e. The highest BCUT2D eigenvalue weighted by molar-refractivity contribution is 5.96. The van der Waals surface area contributed by atoms with Gasteiger partial charge in [-0.2, -0.15) is 10.2 Å². The molecule has 0 saturated carbocycles. The van der Waals surface area contributed by atoms with Crippen molar-refractivity contribution in [2.24, 2.45) is 0 Å². The minimum Gasteiger partial charge on any atom is -0.494 e. The summed E-state index contributed by atoms with van der Waals surface area (Å²) in [5.74, 6) is -1.13. The van der Waals surface area contributed by atoms with Gasteiger partial charge in [0.2, 0.25) is 0 Å². The Hall–Kier alpha value is -3.62. The predicted octanol–water partition coefficient (Wildman–Crippen LogP) is 1.78. The monoisotopic (exact) mass is 369 g/mol. The molecule has 0 unspecified atom stereocenters. The van der Waals surface area contributed by atoms with Gasteiger partial charge in [-0.3, -0.25) is 9.89 Å². The highest BCUT2D eigenvalue weighted by Crippen LogP contribution is 2.23. The SMILES string of the molecule is COc1ccccc1-n1cc(C(=O)N[C@H](C(=O)O)c2c(C)n[nH]c2C)cn1. The number of methoxy groups -OCH3 is 1. The fourth-order valence-corrected chi connectivity index (χ4v) is 2.85. The molecule has 0 fully saturated rings. The second-order valence-corrected chi connectivity index (χ2v) is 5.94. The van der Waals surface area contributed by atoms with Gasteiger partial charge in [-0.05, 0) is 26.0 Å². The van der Waals surface area contributed by atoms with E-state index in [9.17, 15) is 14.7 Å².